The first-order valence-corrected chi connectivity index (χ1v) is 25.5. The van der Waals surface area contributed by atoms with Crippen LogP contribution in [0.1, 0.15) is 17.5 Å². The monoisotopic (exact) mass is 890 g/mol. The summed E-state index contributed by atoms with van der Waals surface area (Å²) in [5.41, 5.74) is 7.94. The van der Waals surface area contributed by atoms with Crippen molar-refractivity contribution in [1.29, 1.82) is 0 Å². The Morgan fingerprint density at radius 1 is 0.538 bits per heavy atom. The van der Waals surface area contributed by atoms with Crippen LogP contribution in [-0.4, -0.2) is 12.9 Å². The van der Waals surface area contributed by atoms with Gasteiger partial charge in [0.25, 0.3) is 0 Å². The van der Waals surface area contributed by atoms with Crippen molar-refractivity contribution < 1.29 is 23.3 Å². The average Bonchev–Trinajstić information content (AvgIpc) is 3.69. The van der Waals surface area contributed by atoms with Crippen LogP contribution in [0.4, 0.5) is 0 Å². The van der Waals surface area contributed by atoms with Gasteiger partial charge in [0.2, 0.25) is 0 Å². The SMILES string of the molecule is Cc1cc2c(-c3cccc4ccccc34)cccc2[cH-]1.Cc1cc2c(-c3cccc4ccccc34)cccc2[cH-]1.Cl.Cl.[CH2-]CC[Si](Cl)(Cl)Cl.[CH3-].[Si]=[Zr]. The van der Waals surface area contributed by atoms with Gasteiger partial charge in [-0.05, 0) is 38.7 Å². The molecule has 0 unspecified atom stereocenters. The predicted octanol–water partition coefficient (Wildman–Crippen LogP) is 15.2. The summed E-state index contributed by atoms with van der Waals surface area (Å²) in [7, 11) is 0. The van der Waals surface area contributed by atoms with Crippen molar-refractivity contribution in [3.8, 4) is 22.3 Å². The van der Waals surface area contributed by atoms with Crippen LogP contribution in [0.2, 0.25) is 6.04 Å². The standard InChI is InChI=1S/2C20H15.C3H6Cl3Si.CH3.2ClH.Si.Zr/c2*1-14-12-16-8-5-11-19(20(16)13-14)18-10-4-7-15-6-2-3-9-17(15)18;1-2-3-7(4,5)6;;;;;/h2*2-13H,1H3;1-3H2;1H3;2*1H;;/q4*-1;;;;. The Hall–Kier alpha value is -2.17. The van der Waals surface area contributed by atoms with E-state index in [1.165, 1.54) is 99.8 Å². The molecule has 0 amide bonds. The van der Waals surface area contributed by atoms with Gasteiger partial charge in [-0.3, -0.25) is 0 Å². The maximum atomic E-state index is 5.46. The third kappa shape index (κ3) is 11.4. The molecule has 52 heavy (non-hydrogen) atoms. The molecule has 0 atom stereocenters. The van der Waals surface area contributed by atoms with Crippen LogP contribution in [-0.2, 0) is 23.3 Å². The molecule has 0 aliphatic heterocycles. The van der Waals surface area contributed by atoms with E-state index in [1.807, 2.05) is 0 Å². The fraction of sp³-hybridized carbons (Fsp3) is 0.0909. The number of benzene rings is 6. The molecule has 2 radical (unpaired) electrons. The summed E-state index contributed by atoms with van der Waals surface area (Å²) in [6.45, 7) is 10.9. The van der Waals surface area contributed by atoms with Gasteiger partial charge in [-0.1, -0.05) is 122 Å². The Kier molecular flexibility index (Phi) is 19.1. The summed E-state index contributed by atoms with van der Waals surface area (Å²) in [5, 5.41) is 10.6. The topological polar surface area (TPSA) is 0 Å². The second-order valence-electron chi connectivity index (χ2n) is 12.0. The fourth-order valence-electron chi connectivity index (χ4n) is 6.36. The molecule has 0 heterocycles. The van der Waals surface area contributed by atoms with Crippen molar-refractivity contribution in [3.63, 3.8) is 0 Å². The molecule has 8 aromatic rings. The van der Waals surface area contributed by atoms with Crippen molar-refractivity contribution in [2.75, 3.05) is 0 Å². The average molecular weight is 894 g/mol. The van der Waals surface area contributed by atoms with Gasteiger partial charge >= 0.3 is 36.2 Å². The number of fused-ring (bicyclic) bond motifs is 4. The molecule has 0 spiro atoms. The van der Waals surface area contributed by atoms with Gasteiger partial charge in [0.1, 0.15) is 0 Å². The van der Waals surface area contributed by atoms with Crippen molar-refractivity contribution in [3.05, 3.63) is 171 Å². The first-order chi connectivity index (χ1) is 23.7. The van der Waals surface area contributed by atoms with Gasteiger partial charge in [0.15, 0.2) is 0 Å². The van der Waals surface area contributed by atoms with Crippen molar-refractivity contribution in [2.45, 2.75) is 26.3 Å². The number of hydrogen-bond donors (Lipinski definition) is 0. The Balaban J connectivity index is 0.000000281. The van der Waals surface area contributed by atoms with Crippen LogP contribution in [0.3, 0.4) is 0 Å². The van der Waals surface area contributed by atoms with Crippen LogP contribution in [0.15, 0.2) is 146 Å². The van der Waals surface area contributed by atoms with Crippen molar-refractivity contribution >= 4 is 114 Å². The summed E-state index contributed by atoms with van der Waals surface area (Å²) in [5.74, 6) is 0. The van der Waals surface area contributed by atoms with Gasteiger partial charge in [0.05, 0.1) is 0 Å². The molecule has 0 aliphatic carbocycles. The molecule has 0 nitrogen and oxygen atoms in total. The molecule has 0 N–H and O–H groups in total. The predicted molar refractivity (Wildman–Crippen MR) is 239 cm³/mol. The minimum absolute atomic E-state index is 0. The zero-order chi connectivity index (χ0) is 35.0. The van der Waals surface area contributed by atoms with Crippen molar-refractivity contribution in [1.82, 2.24) is 0 Å². The van der Waals surface area contributed by atoms with Crippen LogP contribution in [0.5, 0.6) is 0 Å². The number of rotatable bonds is 4. The zero-order valence-electron chi connectivity index (χ0n) is 29.4. The summed E-state index contributed by atoms with van der Waals surface area (Å²) >= 11 is 17.7. The van der Waals surface area contributed by atoms with E-state index in [0.29, 0.717) is 6.04 Å². The molecule has 0 saturated heterocycles. The van der Waals surface area contributed by atoms with E-state index in [0.717, 1.165) is 6.42 Å². The van der Waals surface area contributed by atoms with Crippen molar-refractivity contribution in [2.24, 2.45) is 0 Å². The van der Waals surface area contributed by atoms with Gasteiger partial charge in [-0.15, -0.1) is 127 Å². The van der Waals surface area contributed by atoms with E-state index < -0.39 is 6.00 Å². The number of hydrogen-bond acceptors (Lipinski definition) is 0. The molecule has 8 rings (SSSR count). The molecular weight excluding hydrogens is 853 g/mol. The number of aryl methyl sites for hydroxylation is 2. The Labute approximate surface area is 353 Å². The molecule has 0 aliphatic rings. The van der Waals surface area contributed by atoms with E-state index in [-0.39, 0.29) is 32.2 Å². The summed E-state index contributed by atoms with van der Waals surface area (Å²) in [6, 6.07) is 50.8. The number of halogens is 5. The Morgan fingerprint density at radius 3 is 1.21 bits per heavy atom. The van der Waals surface area contributed by atoms with E-state index in [4.69, 9.17) is 33.2 Å². The van der Waals surface area contributed by atoms with Gasteiger partial charge in [0, 0.05) is 0 Å². The second-order valence-corrected chi connectivity index (χ2v) is 21.2. The van der Waals surface area contributed by atoms with Gasteiger partial charge in [-0.25, -0.2) is 0 Å². The van der Waals surface area contributed by atoms with Crippen LogP contribution in [0, 0.1) is 28.2 Å². The maximum absolute atomic E-state index is 5.46. The van der Waals surface area contributed by atoms with E-state index >= 15 is 0 Å². The summed E-state index contributed by atoms with van der Waals surface area (Å²) in [4.78, 5) is 0. The minimum atomic E-state index is -2.30. The summed E-state index contributed by atoms with van der Waals surface area (Å²) in [6.07, 6.45) is 0.725. The molecule has 0 fully saturated rings. The second kappa shape index (κ2) is 21.6. The molecular formula is C44H41Cl5Si2Zr-4. The van der Waals surface area contributed by atoms with Crippen LogP contribution >= 0.6 is 58.1 Å². The molecule has 0 saturated carbocycles. The quantitative estimate of drug-likeness (QED) is 0.0938. The molecule has 268 valence electrons. The molecule has 8 heteroatoms. The van der Waals surface area contributed by atoms with Crippen LogP contribution < -0.4 is 0 Å². The van der Waals surface area contributed by atoms with E-state index in [9.17, 15) is 0 Å². The normalized spacial score (nSPS) is 10.3. The molecule has 0 bridgehead atoms. The van der Waals surface area contributed by atoms with E-state index in [2.05, 4.69) is 173 Å². The van der Waals surface area contributed by atoms with E-state index in [1.54, 1.807) is 0 Å². The van der Waals surface area contributed by atoms with Crippen LogP contribution in [0.25, 0.3) is 65.3 Å². The fourth-order valence-corrected chi connectivity index (χ4v) is 7.96. The zero-order valence-corrected chi connectivity index (χ0v) is 37.8. The first kappa shape index (κ1) is 46.0. The van der Waals surface area contributed by atoms with Gasteiger partial charge < -0.3 is 14.4 Å². The third-order valence-corrected chi connectivity index (χ3v) is 11.0. The van der Waals surface area contributed by atoms with Gasteiger partial charge in [-0.2, -0.15) is 18.6 Å². The first-order valence-electron chi connectivity index (χ1n) is 16.1. The Morgan fingerprint density at radius 2 is 0.865 bits per heavy atom. The molecule has 8 aromatic carbocycles. The summed E-state index contributed by atoms with van der Waals surface area (Å²) < 4.78 is 0. The molecule has 0 aromatic heterocycles. The third-order valence-electron chi connectivity index (χ3n) is 8.41. The Bertz CT molecular complexity index is 2150.